The number of benzene rings is 2. The highest BCUT2D eigenvalue weighted by molar-refractivity contribution is 7.22. The van der Waals surface area contributed by atoms with E-state index in [1.807, 2.05) is 43.3 Å². The Labute approximate surface area is 189 Å². The van der Waals surface area contributed by atoms with Crippen molar-refractivity contribution in [3.05, 3.63) is 72.1 Å². The zero-order chi connectivity index (χ0) is 21.9. The van der Waals surface area contributed by atoms with Crippen molar-refractivity contribution in [3.63, 3.8) is 0 Å². The Bertz CT molecular complexity index is 1260. The van der Waals surface area contributed by atoms with Gasteiger partial charge >= 0.3 is 0 Å². The molecule has 1 aliphatic heterocycles. The highest BCUT2D eigenvalue weighted by atomic mass is 32.1. The molecule has 5 rings (SSSR count). The molecule has 0 spiro atoms. The summed E-state index contributed by atoms with van der Waals surface area (Å²) in [5.41, 5.74) is 2.01. The molecule has 2 aromatic carbocycles. The van der Waals surface area contributed by atoms with Gasteiger partial charge in [-0.15, -0.1) is 0 Å². The summed E-state index contributed by atoms with van der Waals surface area (Å²) >= 11 is 1.45. The zero-order valence-corrected chi connectivity index (χ0v) is 18.3. The summed E-state index contributed by atoms with van der Waals surface area (Å²) in [4.78, 5) is 24.5. The van der Waals surface area contributed by atoms with Crippen LogP contribution in [0, 0.1) is 0 Å². The number of hydrogen-bond donors (Lipinski definition) is 0. The minimum absolute atomic E-state index is 0.190. The maximum absolute atomic E-state index is 13.7. The van der Waals surface area contributed by atoms with Crippen molar-refractivity contribution in [2.24, 2.45) is 0 Å². The fourth-order valence-electron chi connectivity index (χ4n) is 3.51. The number of anilines is 1. The summed E-state index contributed by atoms with van der Waals surface area (Å²) < 4.78 is 17.9. The molecule has 0 aliphatic carbocycles. The molecule has 0 saturated carbocycles. The van der Waals surface area contributed by atoms with Crippen LogP contribution in [0.15, 0.2) is 60.8 Å². The second kappa shape index (κ2) is 8.84. The lowest BCUT2D eigenvalue weighted by Gasteiger charge is -2.22. The molecule has 4 aromatic rings. The first-order chi connectivity index (χ1) is 15.7. The van der Waals surface area contributed by atoms with E-state index in [2.05, 4.69) is 4.98 Å². The summed E-state index contributed by atoms with van der Waals surface area (Å²) in [6.45, 7) is 3.73. The SMILES string of the molecule is CCOc1cccc2sc(N(Cc3ccccn3)C(=O)c3ccc4c(c3)OCCO4)nc12. The van der Waals surface area contributed by atoms with Crippen LogP contribution in [0.25, 0.3) is 10.2 Å². The number of pyridine rings is 1. The number of carbonyl (C=O) groups excluding carboxylic acids is 1. The van der Waals surface area contributed by atoms with E-state index in [1.54, 1.807) is 29.3 Å². The van der Waals surface area contributed by atoms with Crippen LogP contribution < -0.4 is 19.1 Å². The van der Waals surface area contributed by atoms with Gasteiger partial charge in [0.2, 0.25) is 0 Å². The average molecular weight is 448 g/mol. The van der Waals surface area contributed by atoms with Crippen molar-refractivity contribution < 1.29 is 19.0 Å². The second-order valence-electron chi connectivity index (χ2n) is 7.10. The average Bonchev–Trinajstić information content (AvgIpc) is 3.28. The Morgan fingerprint density at radius 1 is 1.09 bits per heavy atom. The van der Waals surface area contributed by atoms with Crippen LogP contribution in [0.3, 0.4) is 0 Å². The molecule has 0 N–H and O–H groups in total. The zero-order valence-electron chi connectivity index (χ0n) is 17.5. The lowest BCUT2D eigenvalue weighted by molar-refractivity contribution is 0.0983. The predicted octanol–water partition coefficient (Wildman–Crippen LogP) is 4.71. The number of amides is 1. The van der Waals surface area contributed by atoms with Crippen LogP contribution in [0.1, 0.15) is 23.0 Å². The van der Waals surface area contributed by atoms with E-state index >= 15 is 0 Å². The minimum Gasteiger partial charge on any atom is -0.492 e. The van der Waals surface area contributed by atoms with E-state index in [0.29, 0.717) is 47.8 Å². The molecule has 7 nitrogen and oxygen atoms in total. The number of hydrogen-bond acceptors (Lipinski definition) is 7. The standard InChI is InChI=1S/C24H21N3O4S/c1-2-29-19-7-5-8-21-22(19)26-24(32-21)27(15-17-6-3-4-11-25-17)23(28)16-9-10-18-20(14-16)31-13-12-30-18/h3-11,14H,2,12-13,15H2,1H3. The Morgan fingerprint density at radius 3 is 2.78 bits per heavy atom. The van der Waals surface area contributed by atoms with E-state index in [9.17, 15) is 4.79 Å². The highest BCUT2D eigenvalue weighted by Crippen LogP contribution is 2.36. The number of aromatic nitrogens is 2. The third-order valence-electron chi connectivity index (χ3n) is 4.98. The van der Waals surface area contributed by atoms with Crippen LogP contribution >= 0.6 is 11.3 Å². The first-order valence-electron chi connectivity index (χ1n) is 10.4. The Morgan fingerprint density at radius 2 is 1.97 bits per heavy atom. The maximum atomic E-state index is 13.7. The summed E-state index contributed by atoms with van der Waals surface area (Å²) in [5.74, 6) is 1.73. The number of thiazole rings is 1. The van der Waals surface area contributed by atoms with Crippen molar-refractivity contribution in [1.82, 2.24) is 9.97 Å². The second-order valence-corrected chi connectivity index (χ2v) is 8.11. The minimum atomic E-state index is -0.190. The van der Waals surface area contributed by atoms with Crippen molar-refractivity contribution in [1.29, 1.82) is 0 Å². The Hall–Kier alpha value is -3.65. The van der Waals surface area contributed by atoms with Crippen LogP contribution in [-0.4, -0.2) is 35.7 Å². The normalized spacial score (nSPS) is 12.5. The Balaban J connectivity index is 1.56. The molecule has 0 bridgehead atoms. The van der Waals surface area contributed by atoms with Gasteiger partial charge < -0.3 is 14.2 Å². The van der Waals surface area contributed by atoms with Crippen LogP contribution in [-0.2, 0) is 6.54 Å². The van der Waals surface area contributed by atoms with Crippen molar-refractivity contribution >= 4 is 32.6 Å². The number of carbonyl (C=O) groups is 1. The van der Waals surface area contributed by atoms with Crippen LogP contribution in [0.4, 0.5) is 5.13 Å². The van der Waals surface area contributed by atoms with Crippen molar-refractivity contribution in [3.8, 4) is 17.2 Å². The maximum Gasteiger partial charge on any atom is 0.260 e. The van der Waals surface area contributed by atoms with E-state index in [4.69, 9.17) is 19.2 Å². The first-order valence-corrected chi connectivity index (χ1v) is 11.2. The third-order valence-corrected chi connectivity index (χ3v) is 6.03. The molecule has 0 saturated heterocycles. The predicted molar refractivity (Wildman–Crippen MR) is 123 cm³/mol. The summed E-state index contributed by atoms with van der Waals surface area (Å²) in [6.07, 6.45) is 1.72. The topological polar surface area (TPSA) is 73.8 Å². The number of nitrogens with zero attached hydrogens (tertiary/aromatic N) is 3. The van der Waals surface area contributed by atoms with Gasteiger partial charge in [-0.05, 0) is 49.4 Å². The smallest absolute Gasteiger partial charge is 0.260 e. The lowest BCUT2D eigenvalue weighted by atomic mass is 10.1. The molecule has 1 amide bonds. The van der Waals surface area contributed by atoms with Gasteiger partial charge in [0.25, 0.3) is 5.91 Å². The third kappa shape index (κ3) is 3.97. The monoisotopic (exact) mass is 447 g/mol. The van der Waals surface area contributed by atoms with E-state index in [0.717, 1.165) is 15.9 Å². The molecular formula is C24H21N3O4S. The van der Waals surface area contributed by atoms with Gasteiger partial charge in [-0.2, -0.15) is 0 Å². The largest absolute Gasteiger partial charge is 0.492 e. The fraction of sp³-hybridized carbons (Fsp3) is 0.208. The van der Waals surface area contributed by atoms with Gasteiger partial charge in [0.05, 0.1) is 23.5 Å². The molecule has 0 fully saturated rings. The lowest BCUT2D eigenvalue weighted by Crippen LogP contribution is -2.31. The quantitative estimate of drug-likeness (QED) is 0.426. The summed E-state index contributed by atoms with van der Waals surface area (Å²) in [5, 5.41) is 0.581. The number of rotatable bonds is 6. The molecule has 0 unspecified atom stereocenters. The van der Waals surface area contributed by atoms with Crippen LogP contribution in [0.5, 0.6) is 17.2 Å². The molecule has 32 heavy (non-hydrogen) atoms. The van der Waals surface area contributed by atoms with E-state index in [1.165, 1.54) is 11.3 Å². The molecule has 2 aromatic heterocycles. The van der Waals surface area contributed by atoms with Gasteiger partial charge in [-0.3, -0.25) is 14.7 Å². The molecule has 0 atom stereocenters. The van der Waals surface area contributed by atoms with Gasteiger partial charge in [0.15, 0.2) is 16.6 Å². The summed E-state index contributed by atoms with van der Waals surface area (Å²) in [6, 6.07) is 16.7. The Kier molecular flexibility index (Phi) is 5.60. The molecule has 0 radical (unpaired) electrons. The molecular weight excluding hydrogens is 426 g/mol. The number of ether oxygens (including phenoxy) is 3. The van der Waals surface area contributed by atoms with Crippen molar-refractivity contribution in [2.45, 2.75) is 13.5 Å². The molecule has 3 heterocycles. The van der Waals surface area contributed by atoms with Crippen LogP contribution in [0.2, 0.25) is 0 Å². The van der Waals surface area contributed by atoms with Crippen molar-refractivity contribution in [2.75, 3.05) is 24.7 Å². The number of para-hydroxylation sites is 1. The fourth-order valence-corrected chi connectivity index (χ4v) is 4.49. The molecule has 162 valence electrons. The van der Waals surface area contributed by atoms with Gasteiger partial charge in [0, 0.05) is 11.8 Å². The van der Waals surface area contributed by atoms with Gasteiger partial charge in [-0.25, -0.2) is 4.98 Å². The first kappa shape index (κ1) is 20.3. The van der Waals surface area contributed by atoms with Gasteiger partial charge in [-0.1, -0.05) is 23.5 Å². The van der Waals surface area contributed by atoms with E-state index in [-0.39, 0.29) is 12.5 Å². The highest BCUT2D eigenvalue weighted by Gasteiger charge is 2.25. The van der Waals surface area contributed by atoms with E-state index < -0.39 is 0 Å². The number of fused-ring (bicyclic) bond motifs is 2. The summed E-state index contributed by atoms with van der Waals surface area (Å²) in [7, 11) is 0. The molecule has 8 heteroatoms. The van der Waals surface area contributed by atoms with Gasteiger partial charge in [0.1, 0.15) is 24.5 Å². The molecule has 1 aliphatic rings.